The lowest BCUT2D eigenvalue weighted by Crippen LogP contribution is -2.41. The predicted octanol–water partition coefficient (Wildman–Crippen LogP) is 4.74. The van der Waals surface area contributed by atoms with E-state index < -0.39 is 0 Å². The van der Waals surface area contributed by atoms with Crippen molar-refractivity contribution < 1.29 is 19.1 Å². The summed E-state index contributed by atoms with van der Waals surface area (Å²) in [4.78, 5) is 25.6. The quantitative estimate of drug-likeness (QED) is 0.713. The molecule has 2 aromatic rings. The van der Waals surface area contributed by atoms with E-state index in [0.717, 1.165) is 5.56 Å². The molecule has 0 amide bonds. The fourth-order valence-corrected chi connectivity index (χ4v) is 4.24. The third-order valence-electron chi connectivity index (χ3n) is 4.86. The van der Waals surface area contributed by atoms with Crippen LogP contribution in [0.2, 0.25) is 5.02 Å². The Morgan fingerprint density at radius 3 is 2.73 bits per heavy atom. The number of carbonyl (C=O) groups excluding carboxylic acids is 2. The van der Waals surface area contributed by atoms with Crippen LogP contribution in [0, 0.1) is 5.92 Å². The second kappa shape index (κ2) is 7.25. The lowest BCUT2D eigenvalue weighted by molar-refractivity contribution is -0.126. The number of fused-ring (bicyclic) bond motifs is 1. The summed E-state index contributed by atoms with van der Waals surface area (Å²) in [6.07, 6.45) is 2.93. The molecule has 0 N–H and O–H groups in total. The highest BCUT2D eigenvalue weighted by Gasteiger charge is 2.41. The number of thiophene rings is 1. The summed E-state index contributed by atoms with van der Waals surface area (Å²) in [6, 6.07) is 10.7. The number of hydrogen-bond acceptors (Lipinski definition) is 5. The molecular formula is C20H17ClO4S. The normalized spacial score (nSPS) is 25.0. The fourth-order valence-electron chi connectivity index (χ4n) is 3.51. The summed E-state index contributed by atoms with van der Waals surface area (Å²) < 4.78 is 11.4. The molecule has 0 spiro atoms. The van der Waals surface area contributed by atoms with E-state index >= 15 is 0 Å². The maximum absolute atomic E-state index is 12.9. The maximum Gasteiger partial charge on any atom is 0.348 e. The maximum atomic E-state index is 12.9. The van der Waals surface area contributed by atoms with E-state index in [-0.39, 0.29) is 29.9 Å². The Kier molecular flexibility index (Phi) is 4.83. The molecule has 0 radical (unpaired) electrons. The van der Waals surface area contributed by atoms with Gasteiger partial charge in [0.15, 0.2) is 5.78 Å². The monoisotopic (exact) mass is 388 g/mol. The van der Waals surface area contributed by atoms with Gasteiger partial charge in [0, 0.05) is 11.4 Å². The van der Waals surface area contributed by atoms with E-state index in [2.05, 4.69) is 0 Å². The number of hydrogen-bond donors (Lipinski definition) is 0. The molecule has 134 valence electrons. The highest BCUT2D eigenvalue weighted by Crippen LogP contribution is 2.37. The van der Waals surface area contributed by atoms with Gasteiger partial charge in [0.1, 0.15) is 17.1 Å². The summed E-state index contributed by atoms with van der Waals surface area (Å²) in [7, 11) is 0. The average molecular weight is 389 g/mol. The number of ketones is 1. The molecule has 4 nitrogen and oxygen atoms in total. The first-order chi connectivity index (χ1) is 12.6. The third kappa shape index (κ3) is 3.41. The lowest BCUT2D eigenvalue weighted by atomic mass is 9.78. The Morgan fingerprint density at radius 2 is 2.00 bits per heavy atom. The van der Waals surface area contributed by atoms with Gasteiger partial charge in [-0.2, -0.15) is 0 Å². The summed E-state index contributed by atoms with van der Waals surface area (Å²) in [6.45, 7) is 0. The van der Waals surface area contributed by atoms with Crippen molar-refractivity contribution >= 4 is 40.3 Å². The fraction of sp³-hybridized carbons (Fsp3) is 0.300. The van der Waals surface area contributed by atoms with Crippen molar-refractivity contribution in [2.24, 2.45) is 5.92 Å². The van der Waals surface area contributed by atoms with Crippen molar-refractivity contribution in [1.82, 2.24) is 0 Å². The molecule has 0 saturated heterocycles. The standard InChI is InChI=1S/C20H17ClO4S/c21-13-5-3-12(4-6-13)16-11-24-17-10-14(7-8-15(17)19(16)22)25-20(23)18-2-1-9-26-18/h1-6,9,11,14-15,17H,7-8,10H2. The summed E-state index contributed by atoms with van der Waals surface area (Å²) in [5.41, 5.74) is 1.39. The number of rotatable bonds is 3. The molecule has 3 unspecified atom stereocenters. The number of halogens is 1. The molecular weight excluding hydrogens is 372 g/mol. The van der Waals surface area contributed by atoms with E-state index in [9.17, 15) is 9.59 Å². The number of benzene rings is 1. The van der Waals surface area contributed by atoms with Gasteiger partial charge >= 0.3 is 5.97 Å². The third-order valence-corrected chi connectivity index (χ3v) is 5.96. The van der Waals surface area contributed by atoms with Gasteiger partial charge in [0.25, 0.3) is 0 Å². The first kappa shape index (κ1) is 17.3. The molecule has 1 fully saturated rings. The molecule has 2 aliphatic rings. The zero-order valence-electron chi connectivity index (χ0n) is 13.9. The minimum atomic E-state index is -0.303. The molecule has 3 atom stereocenters. The number of ether oxygens (including phenoxy) is 2. The highest BCUT2D eigenvalue weighted by molar-refractivity contribution is 7.11. The van der Waals surface area contributed by atoms with Crippen LogP contribution in [0.1, 0.15) is 34.5 Å². The zero-order chi connectivity index (χ0) is 18.1. The highest BCUT2D eigenvalue weighted by atomic mass is 35.5. The van der Waals surface area contributed by atoms with Crippen molar-refractivity contribution in [2.45, 2.75) is 31.5 Å². The minimum Gasteiger partial charge on any atom is -0.496 e. The first-order valence-electron chi connectivity index (χ1n) is 8.52. The van der Waals surface area contributed by atoms with E-state index in [4.69, 9.17) is 21.1 Å². The smallest absolute Gasteiger partial charge is 0.348 e. The van der Waals surface area contributed by atoms with Gasteiger partial charge in [0.2, 0.25) is 0 Å². The molecule has 26 heavy (non-hydrogen) atoms. The number of Topliss-reactive ketones (excluding diaryl/α,β-unsaturated/α-hetero) is 1. The molecule has 1 aromatic heterocycles. The van der Waals surface area contributed by atoms with E-state index in [1.54, 1.807) is 18.2 Å². The largest absolute Gasteiger partial charge is 0.496 e. The predicted molar refractivity (Wildman–Crippen MR) is 100 cm³/mol. The van der Waals surface area contributed by atoms with Crippen LogP contribution in [0.4, 0.5) is 0 Å². The summed E-state index contributed by atoms with van der Waals surface area (Å²) in [5.74, 6) is -0.406. The van der Waals surface area contributed by atoms with Crippen LogP contribution in [-0.4, -0.2) is 24.0 Å². The number of carbonyl (C=O) groups is 2. The molecule has 0 bridgehead atoms. The van der Waals surface area contributed by atoms with Crippen molar-refractivity contribution in [1.29, 1.82) is 0 Å². The van der Waals surface area contributed by atoms with Crippen LogP contribution in [0.25, 0.3) is 5.57 Å². The van der Waals surface area contributed by atoms with E-state index in [1.165, 1.54) is 17.6 Å². The van der Waals surface area contributed by atoms with Crippen LogP contribution >= 0.6 is 22.9 Å². The van der Waals surface area contributed by atoms with Gasteiger partial charge in [-0.25, -0.2) is 4.79 Å². The Hall–Kier alpha value is -2.11. The summed E-state index contributed by atoms with van der Waals surface area (Å²) >= 11 is 7.28. The van der Waals surface area contributed by atoms with Crippen LogP contribution in [0.3, 0.4) is 0 Å². The van der Waals surface area contributed by atoms with Gasteiger partial charge in [-0.3, -0.25) is 4.79 Å². The summed E-state index contributed by atoms with van der Waals surface area (Å²) in [5, 5.41) is 2.48. The van der Waals surface area contributed by atoms with Crippen molar-refractivity contribution in [2.75, 3.05) is 0 Å². The lowest BCUT2D eigenvalue weighted by Gasteiger charge is -2.37. The van der Waals surface area contributed by atoms with Gasteiger partial charge < -0.3 is 9.47 Å². The Balaban J connectivity index is 1.44. The van der Waals surface area contributed by atoms with E-state index in [1.807, 2.05) is 23.6 Å². The van der Waals surface area contributed by atoms with Crippen molar-refractivity contribution in [3.05, 3.63) is 63.5 Å². The molecule has 2 heterocycles. The Morgan fingerprint density at radius 1 is 1.19 bits per heavy atom. The second-order valence-corrected chi connectivity index (χ2v) is 7.89. The number of allylic oxidation sites excluding steroid dienone is 1. The molecule has 1 saturated carbocycles. The van der Waals surface area contributed by atoms with Crippen LogP contribution in [-0.2, 0) is 14.3 Å². The zero-order valence-corrected chi connectivity index (χ0v) is 15.5. The van der Waals surface area contributed by atoms with E-state index in [0.29, 0.717) is 34.7 Å². The van der Waals surface area contributed by atoms with Crippen molar-refractivity contribution in [3.63, 3.8) is 0 Å². The second-order valence-electron chi connectivity index (χ2n) is 6.50. The van der Waals surface area contributed by atoms with Gasteiger partial charge in [-0.1, -0.05) is 29.8 Å². The van der Waals surface area contributed by atoms with Gasteiger partial charge in [-0.15, -0.1) is 11.3 Å². The van der Waals surface area contributed by atoms with Gasteiger partial charge in [-0.05, 0) is 42.0 Å². The Labute approximate surface area is 160 Å². The first-order valence-corrected chi connectivity index (χ1v) is 9.78. The van der Waals surface area contributed by atoms with Crippen LogP contribution in [0.15, 0.2) is 48.0 Å². The topological polar surface area (TPSA) is 52.6 Å². The molecule has 6 heteroatoms. The molecule has 4 rings (SSSR count). The average Bonchev–Trinajstić information content (AvgIpc) is 3.18. The minimum absolute atomic E-state index is 0.0894. The van der Waals surface area contributed by atoms with Crippen LogP contribution in [0.5, 0.6) is 0 Å². The molecule has 1 aliphatic heterocycles. The van der Waals surface area contributed by atoms with Crippen LogP contribution < -0.4 is 0 Å². The molecule has 1 aromatic carbocycles. The molecule has 1 aliphatic carbocycles. The SMILES string of the molecule is O=C(OC1CCC2C(=O)C(c3ccc(Cl)cc3)=COC2C1)c1cccs1. The number of esters is 1. The Bertz CT molecular complexity index is 841. The van der Waals surface area contributed by atoms with Crippen molar-refractivity contribution in [3.8, 4) is 0 Å². The van der Waals surface area contributed by atoms with Gasteiger partial charge in [0.05, 0.1) is 17.8 Å².